The fourth-order valence-corrected chi connectivity index (χ4v) is 13.2. The number of aryl methyl sites for hydroxylation is 1. The third-order valence-electron chi connectivity index (χ3n) is 15.6. The number of fused-ring (bicyclic) bond motifs is 8. The number of ether oxygens (including phenoxy) is 3. The number of cyclic esters (lactones) is 1. The van der Waals surface area contributed by atoms with Gasteiger partial charge in [-0.05, 0) is 99.6 Å². The van der Waals surface area contributed by atoms with Gasteiger partial charge in [-0.15, -0.1) is 11.3 Å². The number of nitrogen functional groups attached to an aromatic ring is 1. The number of carbonyl (C=O) groups excluding carboxylic acids is 2. The molecule has 2 unspecified atom stereocenters. The summed E-state index contributed by atoms with van der Waals surface area (Å²) in [5.74, 6) is -1.62. The van der Waals surface area contributed by atoms with Crippen molar-refractivity contribution in [2.24, 2.45) is 0 Å². The number of thiophene rings is 1. The van der Waals surface area contributed by atoms with Crippen molar-refractivity contribution in [3.05, 3.63) is 109 Å². The van der Waals surface area contributed by atoms with Gasteiger partial charge in [0.25, 0.3) is 11.5 Å². The van der Waals surface area contributed by atoms with Crippen LogP contribution in [0.25, 0.3) is 54.4 Å². The van der Waals surface area contributed by atoms with Crippen LogP contribution in [0.2, 0.25) is 5.02 Å². The summed E-state index contributed by atoms with van der Waals surface area (Å²) in [6, 6.07) is 13.0. The lowest BCUT2D eigenvalue weighted by Crippen LogP contribution is -2.54. The largest absolute Gasteiger partial charge is 0.489 e. The fraction of sp³-hybridized carbons (Fsp3) is 0.375. The van der Waals surface area contributed by atoms with E-state index in [4.69, 9.17) is 41.5 Å². The van der Waals surface area contributed by atoms with Crippen LogP contribution in [0.5, 0.6) is 11.8 Å². The fourth-order valence-electron chi connectivity index (χ4n) is 12.0. The Kier molecular flexibility index (Phi) is 13.2. The number of aliphatic hydroxyl groups excluding tert-OH is 1. The van der Waals surface area contributed by atoms with Gasteiger partial charge in [0.05, 0.1) is 49.8 Å². The number of aliphatic hydroxyl groups is 1. The van der Waals surface area contributed by atoms with E-state index in [0.29, 0.717) is 53.4 Å². The van der Waals surface area contributed by atoms with Crippen LogP contribution in [0, 0.1) is 23.0 Å². The van der Waals surface area contributed by atoms with Crippen molar-refractivity contribution < 1.29 is 37.7 Å². The van der Waals surface area contributed by atoms with Crippen molar-refractivity contribution >= 4 is 77.5 Å². The first-order valence-corrected chi connectivity index (χ1v) is 26.8. The number of nitrogens with zero attached hydrogens (tertiary/aromatic N) is 8. The second-order valence-corrected chi connectivity index (χ2v) is 21.2. The lowest BCUT2D eigenvalue weighted by molar-refractivity contribution is -0.157. The predicted octanol–water partition coefficient (Wildman–Crippen LogP) is 8.99. The zero-order valence-corrected chi connectivity index (χ0v) is 44.0. The standard InChI is InChI=1S/C54H48ClF2N9O7S.C2H6/c1-4-29-31-17-28(7-10-39(31)60-44-35(29)22-66-40(44)19-32-36(51(66)69)24-72-52(70)46(32)67)71-23-26(2)50(68)63-15-16-65(27(3)21-63)49-33-18-37(55)42(30-8-9-38(56)47-41(30)34(20-58)48(59)74-47)43(57)45(33)61-53(62-49)73-25-54-11-5-13-64(54)14-6-12-54;1-2/h7-10,17-19,27,46,67H,2,4-6,11-16,21-25,59H2,1,3H3;1-2H3. The molecule has 3 saturated heterocycles. The van der Waals surface area contributed by atoms with Crippen molar-refractivity contribution in [2.45, 2.75) is 90.6 Å². The van der Waals surface area contributed by atoms with Crippen molar-refractivity contribution in [1.82, 2.24) is 29.3 Å². The first kappa shape index (κ1) is 50.9. The average Bonchev–Trinajstić information content (AvgIpc) is 4.28. The van der Waals surface area contributed by atoms with E-state index in [9.17, 15) is 24.8 Å². The maximum Gasteiger partial charge on any atom is 0.340 e. The first-order valence-electron chi connectivity index (χ1n) is 25.6. The highest BCUT2D eigenvalue weighted by molar-refractivity contribution is 7.23. The number of piperazine rings is 1. The highest BCUT2D eigenvalue weighted by atomic mass is 35.5. The third kappa shape index (κ3) is 8.19. The van der Waals surface area contributed by atoms with E-state index >= 15 is 8.78 Å². The molecule has 0 bridgehead atoms. The number of hydrogen-bond donors (Lipinski definition) is 2. The van der Waals surface area contributed by atoms with Gasteiger partial charge >= 0.3 is 12.0 Å². The summed E-state index contributed by atoms with van der Waals surface area (Å²) in [5.41, 5.74) is 10.1. The van der Waals surface area contributed by atoms with Crippen molar-refractivity contribution in [3.63, 3.8) is 0 Å². The van der Waals surface area contributed by atoms with Crippen LogP contribution >= 0.6 is 22.9 Å². The summed E-state index contributed by atoms with van der Waals surface area (Å²) in [5, 5.41) is 22.0. The number of halogens is 3. The van der Waals surface area contributed by atoms with Crippen LogP contribution in [0.3, 0.4) is 0 Å². The summed E-state index contributed by atoms with van der Waals surface area (Å²) in [4.78, 5) is 60.5. The van der Waals surface area contributed by atoms with Gasteiger partial charge in [-0.3, -0.25) is 14.5 Å². The Hall–Kier alpha value is -7.24. The SMILES string of the molecule is C=C(COc1ccc2nc3c(c(CC)c2c1)Cn1c-3cc2c(c1=O)COC(=O)C2O)C(=O)N1CCN(c2nc(OCC34CCCN3CCC4)nc3c(F)c(-c4ccc(F)c5sc(N)c(C#N)c45)c(Cl)cc23)C(C)C1.CC. The minimum atomic E-state index is -1.55. The molecule has 1 amide bonds. The van der Waals surface area contributed by atoms with E-state index < -0.39 is 23.7 Å². The van der Waals surface area contributed by atoms with Crippen molar-refractivity contribution in [1.29, 1.82) is 5.26 Å². The molecule has 3 aromatic carbocycles. The molecule has 0 aliphatic carbocycles. The number of benzene rings is 3. The minimum absolute atomic E-state index is 0.00521. The zero-order valence-electron chi connectivity index (χ0n) is 42.4. The quantitative estimate of drug-likeness (QED) is 0.0970. The number of esters is 1. The molecule has 5 aliphatic rings. The van der Waals surface area contributed by atoms with E-state index in [-0.39, 0.29) is 121 Å². The number of amides is 1. The van der Waals surface area contributed by atoms with Gasteiger partial charge in [-0.2, -0.15) is 15.2 Å². The lowest BCUT2D eigenvalue weighted by atomic mass is 9.95. The molecule has 76 heavy (non-hydrogen) atoms. The summed E-state index contributed by atoms with van der Waals surface area (Å²) < 4.78 is 52.0. The molecule has 16 nitrogen and oxygen atoms in total. The monoisotopic (exact) mass is 1070 g/mol. The Balaban J connectivity index is 0.00000305. The number of anilines is 2. The zero-order chi connectivity index (χ0) is 53.5. The van der Waals surface area contributed by atoms with E-state index in [0.717, 1.165) is 66.6 Å². The Bertz CT molecular complexity index is 3720. The van der Waals surface area contributed by atoms with Crippen LogP contribution in [0.1, 0.15) is 87.3 Å². The number of nitrogens with two attached hydrogens (primary N) is 1. The van der Waals surface area contributed by atoms with Crippen LogP contribution in [0.4, 0.5) is 19.6 Å². The van der Waals surface area contributed by atoms with Crippen LogP contribution in [-0.2, 0) is 33.9 Å². The molecule has 2 atom stereocenters. The smallest absolute Gasteiger partial charge is 0.340 e. The highest BCUT2D eigenvalue weighted by Crippen LogP contribution is 2.47. The van der Waals surface area contributed by atoms with Gasteiger partial charge in [0.1, 0.15) is 53.8 Å². The number of rotatable bonds is 10. The van der Waals surface area contributed by atoms with Gasteiger partial charge in [0, 0.05) is 64.1 Å². The Morgan fingerprint density at radius 2 is 1.82 bits per heavy atom. The molecule has 0 radical (unpaired) electrons. The third-order valence-corrected chi connectivity index (χ3v) is 16.9. The predicted molar refractivity (Wildman–Crippen MR) is 287 cm³/mol. The van der Waals surface area contributed by atoms with Crippen LogP contribution in [0.15, 0.2) is 59.4 Å². The molecule has 5 aliphatic heterocycles. The molecule has 0 saturated carbocycles. The normalized spacial score (nSPS) is 18.4. The molecule has 20 heteroatoms. The van der Waals surface area contributed by atoms with Gasteiger partial charge in [0.15, 0.2) is 11.9 Å². The number of aromatic nitrogens is 4. The molecular weight excluding hydrogens is 1020 g/mol. The van der Waals surface area contributed by atoms with E-state index in [2.05, 4.69) is 22.5 Å². The number of nitriles is 1. The van der Waals surface area contributed by atoms with E-state index in [1.807, 2.05) is 44.7 Å². The van der Waals surface area contributed by atoms with Crippen LogP contribution in [-0.4, -0.2) is 104 Å². The van der Waals surface area contributed by atoms with Gasteiger partial charge in [0.2, 0.25) is 0 Å². The van der Waals surface area contributed by atoms with Gasteiger partial charge in [-0.1, -0.05) is 45.0 Å². The molecule has 4 aromatic heterocycles. The number of carbonyl (C=O) groups is 2. The summed E-state index contributed by atoms with van der Waals surface area (Å²) >= 11 is 7.92. The first-order chi connectivity index (χ1) is 36.7. The maximum atomic E-state index is 17.4. The Morgan fingerprint density at radius 3 is 2.55 bits per heavy atom. The molecule has 3 fully saturated rings. The molecule has 12 rings (SSSR count). The minimum Gasteiger partial charge on any atom is -0.489 e. The van der Waals surface area contributed by atoms with Gasteiger partial charge < -0.3 is 39.4 Å². The summed E-state index contributed by atoms with van der Waals surface area (Å²) in [6.07, 6.45) is 3.10. The van der Waals surface area contributed by atoms with Crippen molar-refractivity contribution in [2.75, 3.05) is 56.6 Å². The molecule has 7 aromatic rings. The molecule has 392 valence electrons. The molecular formula is C56H54ClF2N9O7S. The van der Waals surface area contributed by atoms with E-state index in [1.54, 1.807) is 27.7 Å². The molecule has 9 heterocycles. The lowest BCUT2D eigenvalue weighted by Gasteiger charge is -2.41. The second kappa shape index (κ2) is 19.7. The van der Waals surface area contributed by atoms with Crippen LogP contribution < -0.4 is 25.7 Å². The molecule has 3 N–H and O–H groups in total. The summed E-state index contributed by atoms with van der Waals surface area (Å²) in [7, 11) is 0. The van der Waals surface area contributed by atoms with Gasteiger partial charge in [-0.25, -0.2) is 18.6 Å². The summed E-state index contributed by atoms with van der Waals surface area (Å²) in [6.45, 7) is 15.2. The highest BCUT2D eigenvalue weighted by Gasteiger charge is 2.45. The molecule has 0 spiro atoms. The topological polar surface area (TPSA) is 202 Å². The maximum absolute atomic E-state index is 17.4. The Morgan fingerprint density at radius 1 is 1.04 bits per heavy atom. The second-order valence-electron chi connectivity index (χ2n) is 19.7. The Labute approximate surface area is 444 Å². The average molecular weight is 1070 g/mol. The number of pyridine rings is 2. The van der Waals surface area contributed by atoms with Crippen molar-refractivity contribution in [3.8, 4) is 40.3 Å². The van der Waals surface area contributed by atoms with E-state index in [1.165, 1.54) is 12.1 Å². The number of hydrogen-bond acceptors (Lipinski definition) is 15.